The molecule has 0 unspecified atom stereocenters. The number of nitrogens with one attached hydrogen (secondary N) is 1. The molecular weight excluding hydrogens is 433 g/mol. The number of aryl methyl sites for hydroxylation is 1. The maximum absolute atomic E-state index is 13.2. The number of anilines is 2. The Labute approximate surface area is 187 Å². The number of benzene rings is 2. The van der Waals surface area contributed by atoms with Crippen LogP contribution in [0.3, 0.4) is 0 Å². The molecule has 4 rings (SSSR count). The van der Waals surface area contributed by atoms with Crippen molar-refractivity contribution in [1.29, 1.82) is 0 Å². The summed E-state index contributed by atoms with van der Waals surface area (Å²) < 4.78 is 19.8. The number of aromatic nitrogens is 2. The van der Waals surface area contributed by atoms with Gasteiger partial charge in [0.1, 0.15) is 11.5 Å². The zero-order valence-corrected chi connectivity index (χ0v) is 17.9. The molecule has 162 valence electrons. The standard InChI is InChI=1S/C22H18FN5O3S/c1-2-27-13-20(31-26-27)25-19(29)14-32-22-24-18(12-15-8-10-16(23)11-9-15)21(30)28(22)17-6-4-3-5-7-17/h3-13H,2,14H2,1H3/p+1/b18-12+. The number of aliphatic imine (C=N–C) groups is 1. The Balaban J connectivity index is 1.53. The van der Waals surface area contributed by atoms with Crippen LogP contribution in [0.4, 0.5) is 16.0 Å². The van der Waals surface area contributed by atoms with Crippen LogP contribution in [0.1, 0.15) is 12.5 Å². The number of halogens is 1. The van der Waals surface area contributed by atoms with Gasteiger partial charge in [-0.2, -0.15) is 0 Å². The molecule has 10 heteroatoms. The molecule has 32 heavy (non-hydrogen) atoms. The van der Waals surface area contributed by atoms with Crippen molar-refractivity contribution >= 4 is 46.4 Å². The molecule has 0 bridgehead atoms. The Kier molecular flexibility index (Phi) is 6.41. The zero-order valence-electron chi connectivity index (χ0n) is 17.1. The van der Waals surface area contributed by atoms with E-state index in [0.717, 1.165) is 11.8 Å². The lowest BCUT2D eigenvalue weighted by Gasteiger charge is -2.17. The molecule has 0 fully saturated rings. The largest absolute Gasteiger partial charge is 0.302 e. The fourth-order valence-corrected chi connectivity index (χ4v) is 3.71. The highest BCUT2D eigenvalue weighted by Crippen LogP contribution is 2.29. The number of amidine groups is 1. The van der Waals surface area contributed by atoms with Crippen LogP contribution in [-0.2, 0) is 16.1 Å². The molecule has 1 N–H and O–H groups in total. The monoisotopic (exact) mass is 452 g/mol. The van der Waals surface area contributed by atoms with Crippen molar-refractivity contribution in [2.45, 2.75) is 13.5 Å². The highest BCUT2D eigenvalue weighted by atomic mass is 32.2. The van der Waals surface area contributed by atoms with E-state index in [1.54, 1.807) is 41.2 Å². The second-order valence-electron chi connectivity index (χ2n) is 6.71. The van der Waals surface area contributed by atoms with Crippen LogP contribution in [0.2, 0.25) is 0 Å². The van der Waals surface area contributed by atoms with Gasteiger partial charge in [0.15, 0.2) is 11.7 Å². The SMILES string of the molecule is CC[n+]1cc(NC(=O)CSC2=N/C(=C/c3ccc(F)cc3)C(=O)N2c2ccccc2)on1. The van der Waals surface area contributed by atoms with Gasteiger partial charge in [0, 0.05) is 0 Å². The number of nitrogens with zero attached hydrogens (tertiary/aromatic N) is 4. The van der Waals surface area contributed by atoms with Crippen LogP contribution in [0.5, 0.6) is 0 Å². The van der Waals surface area contributed by atoms with Crippen molar-refractivity contribution in [3.63, 3.8) is 0 Å². The minimum atomic E-state index is -0.363. The molecule has 1 aliphatic rings. The third kappa shape index (κ3) is 4.92. The zero-order chi connectivity index (χ0) is 22.5. The predicted molar refractivity (Wildman–Crippen MR) is 119 cm³/mol. The summed E-state index contributed by atoms with van der Waals surface area (Å²) in [6, 6.07) is 14.8. The molecule has 0 saturated carbocycles. The second-order valence-corrected chi connectivity index (χ2v) is 7.65. The Morgan fingerprint density at radius 3 is 2.66 bits per heavy atom. The highest BCUT2D eigenvalue weighted by molar-refractivity contribution is 8.14. The second kappa shape index (κ2) is 9.56. The molecule has 0 saturated heterocycles. The van der Waals surface area contributed by atoms with Crippen molar-refractivity contribution in [3.8, 4) is 0 Å². The number of carbonyl (C=O) groups is 2. The lowest BCUT2D eigenvalue weighted by molar-refractivity contribution is -0.759. The number of carbonyl (C=O) groups excluding carboxylic acids is 2. The molecule has 2 heterocycles. The molecule has 3 aromatic rings. The number of hydrogen-bond acceptors (Lipinski definition) is 6. The summed E-state index contributed by atoms with van der Waals surface area (Å²) in [5.74, 6) is -0.779. The molecule has 0 spiro atoms. The predicted octanol–water partition coefficient (Wildman–Crippen LogP) is 3.24. The minimum Gasteiger partial charge on any atom is -0.288 e. The quantitative estimate of drug-likeness (QED) is 0.458. The minimum absolute atomic E-state index is 0.00605. The fourth-order valence-electron chi connectivity index (χ4n) is 2.90. The van der Waals surface area contributed by atoms with Crippen molar-refractivity contribution < 1.29 is 23.2 Å². The first-order chi connectivity index (χ1) is 15.5. The summed E-state index contributed by atoms with van der Waals surface area (Å²) in [6.45, 7) is 2.51. The first kappa shape index (κ1) is 21.4. The number of hydrogen-bond donors (Lipinski definition) is 1. The first-order valence-electron chi connectivity index (χ1n) is 9.78. The topological polar surface area (TPSA) is 91.7 Å². The van der Waals surface area contributed by atoms with Crippen molar-refractivity contribution in [2.24, 2.45) is 4.99 Å². The molecular formula is C22H19FN5O3S+. The Morgan fingerprint density at radius 2 is 1.97 bits per heavy atom. The van der Waals surface area contributed by atoms with E-state index in [-0.39, 0.29) is 35.0 Å². The van der Waals surface area contributed by atoms with Crippen LogP contribution < -0.4 is 14.9 Å². The van der Waals surface area contributed by atoms with Gasteiger partial charge >= 0.3 is 5.88 Å². The maximum Gasteiger partial charge on any atom is 0.302 e. The van der Waals surface area contributed by atoms with E-state index in [4.69, 9.17) is 4.52 Å². The molecule has 1 aromatic heterocycles. The van der Waals surface area contributed by atoms with Crippen LogP contribution in [0, 0.1) is 5.82 Å². The van der Waals surface area contributed by atoms with Crippen molar-refractivity contribution in [3.05, 3.63) is 77.9 Å². The van der Waals surface area contributed by atoms with Gasteiger partial charge in [-0.3, -0.25) is 24.3 Å². The smallest absolute Gasteiger partial charge is 0.288 e. The molecule has 2 amide bonds. The highest BCUT2D eigenvalue weighted by Gasteiger charge is 2.32. The summed E-state index contributed by atoms with van der Waals surface area (Å²) >= 11 is 1.12. The van der Waals surface area contributed by atoms with E-state index >= 15 is 0 Å². The van der Waals surface area contributed by atoms with Gasteiger partial charge in [0.05, 0.1) is 11.4 Å². The van der Waals surface area contributed by atoms with E-state index in [1.165, 1.54) is 17.0 Å². The first-order valence-corrected chi connectivity index (χ1v) is 10.8. The van der Waals surface area contributed by atoms with Gasteiger partial charge in [-0.15, -0.1) is 0 Å². The Bertz CT molecular complexity index is 1190. The van der Waals surface area contributed by atoms with Crippen LogP contribution in [0.15, 0.2) is 76.0 Å². The average Bonchev–Trinajstić information content (AvgIpc) is 3.38. The summed E-state index contributed by atoms with van der Waals surface area (Å²) in [7, 11) is 0. The van der Waals surface area contributed by atoms with Crippen molar-refractivity contribution in [2.75, 3.05) is 16.0 Å². The van der Waals surface area contributed by atoms with Crippen LogP contribution in [0.25, 0.3) is 6.08 Å². The number of amides is 2. The third-order valence-corrected chi connectivity index (χ3v) is 5.39. The Hall–Kier alpha value is -3.79. The molecule has 0 radical (unpaired) electrons. The number of rotatable bonds is 6. The molecule has 1 aliphatic heterocycles. The number of para-hydroxylation sites is 1. The molecule has 8 nitrogen and oxygen atoms in total. The van der Waals surface area contributed by atoms with Gasteiger partial charge in [-0.1, -0.05) is 46.8 Å². The van der Waals surface area contributed by atoms with Crippen molar-refractivity contribution in [1.82, 2.24) is 5.27 Å². The van der Waals surface area contributed by atoms with E-state index < -0.39 is 0 Å². The third-order valence-electron chi connectivity index (χ3n) is 4.45. The summed E-state index contributed by atoms with van der Waals surface area (Å²) in [5.41, 5.74) is 1.47. The van der Waals surface area contributed by atoms with Gasteiger partial charge in [0.2, 0.25) is 11.2 Å². The van der Waals surface area contributed by atoms with Gasteiger partial charge in [-0.05, 0) is 42.8 Å². The van der Waals surface area contributed by atoms with E-state index in [9.17, 15) is 14.0 Å². The van der Waals surface area contributed by atoms with Gasteiger partial charge < -0.3 is 0 Å². The van der Waals surface area contributed by atoms with E-state index in [2.05, 4.69) is 15.6 Å². The average molecular weight is 452 g/mol. The fraction of sp³-hybridized carbons (Fsp3) is 0.136. The van der Waals surface area contributed by atoms with Crippen LogP contribution in [-0.4, -0.2) is 28.0 Å². The van der Waals surface area contributed by atoms with Crippen LogP contribution >= 0.6 is 11.8 Å². The lowest BCUT2D eigenvalue weighted by Crippen LogP contribution is -2.33. The van der Waals surface area contributed by atoms with E-state index in [1.807, 2.05) is 25.1 Å². The molecule has 0 atom stereocenters. The Morgan fingerprint density at radius 1 is 1.22 bits per heavy atom. The number of thioether (sulfide) groups is 1. The van der Waals surface area contributed by atoms with E-state index in [0.29, 0.717) is 23.0 Å². The maximum atomic E-state index is 13.2. The summed E-state index contributed by atoms with van der Waals surface area (Å²) in [5, 5.41) is 6.75. The molecule has 2 aromatic carbocycles. The summed E-state index contributed by atoms with van der Waals surface area (Å²) in [6.07, 6.45) is 3.17. The van der Waals surface area contributed by atoms with Gasteiger partial charge in [-0.25, -0.2) is 9.38 Å². The normalized spacial score (nSPS) is 14.7. The van der Waals surface area contributed by atoms with Gasteiger partial charge in [0.25, 0.3) is 12.1 Å². The lowest BCUT2D eigenvalue weighted by atomic mass is 10.2. The summed E-state index contributed by atoms with van der Waals surface area (Å²) in [4.78, 5) is 31.3. The molecule has 0 aliphatic carbocycles.